The molecule has 74 valence electrons. The smallest absolute Gasteiger partial charge is 0.345 e. The summed E-state index contributed by atoms with van der Waals surface area (Å²) in [5, 5.41) is 8.61. The van der Waals surface area contributed by atoms with E-state index in [4.69, 9.17) is 9.84 Å². The van der Waals surface area contributed by atoms with Crippen molar-refractivity contribution in [2.75, 3.05) is 0 Å². The van der Waals surface area contributed by atoms with Crippen molar-refractivity contribution in [2.45, 2.75) is 12.5 Å². The van der Waals surface area contributed by atoms with Crippen LogP contribution >= 0.6 is 0 Å². The van der Waals surface area contributed by atoms with Crippen LogP contribution in [0.5, 0.6) is 5.75 Å². The molecule has 1 aliphatic rings. The normalized spacial score (nSPS) is 18.9. The molecule has 1 N–H and O–H groups in total. The molecule has 1 heterocycles. The molecular formula is C9H6F2O3. The summed E-state index contributed by atoms with van der Waals surface area (Å²) >= 11 is 0. The van der Waals surface area contributed by atoms with E-state index in [0.29, 0.717) is 5.56 Å². The number of carboxylic acid groups (broad SMARTS) is 1. The molecule has 5 heteroatoms. The highest BCUT2D eigenvalue weighted by Crippen LogP contribution is 2.30. The topological polar surface area (TPSA) is 46.5 Å². The van der Waals surface area contributed by atoms with Crippen molar-refractivity contribution in [3.63, 3.8) is 0 Å². The van der Waals surface area contributed by atoms with Gasteiger partial charge in [-0.05, 0) is 6.07 Å². The molecule has 0 radical (unpaired) electrons. The maximum absolute atomic E-state index is 12.7. The SMILES string of the molecule is O=C(O)C1Cc2cc(F)c(F)cc2O1. The van der Waals surface area contributed by atoms with Crippen LogP contribution in [0.1, 0.15) is 5.56 Å². The lowest BCUT2D eigenvalue weighted by Crippen LogP contribution is -2.24. The Morgan fingerprint density at radius 2 is 2.07 bits per heavy atom. The van der Waals surface area contributed by atoms with Crippen LogP contribution in [-0.2, 0) is 11.2 Å². The summed E-state index contributed by atoms with van der Waals surface area (Å²) in [7, 11) is 0. The van der Waals surface area contributed by atoms with Crippen molar-refractivity contribution in [3.8, 4) is 5.75 Å². The quantitative estimate of drug-likeness (QED) is 0.744. The maximum Gasteiger partial charge on any atom is 0.345 e. The standard InChI is InChI=1S/C9H6F2O3/c10-5-1-4-2-8(9(12)13)14-7(4)3-6(5)11/h1,3,8H,2H2,(H,12,13). The number of carbonyl (C=O) groups is 1. The summed E-state index contributed by atoms with van der Waals surface area (Å²) in [5.41, 5.74) is 0.385. The number of aliphatic carboxylic acids is 1. The Balaban J connectivity index is 2.36. The minimum Gasteiger partial charge on any atom is -0.478 e. The molecule has 0 saturated heterocycles. The third kappa shape index (κ3) is 1.30. The van der Waals surface area contributed by atoms with Gasteiger partial charge in [-0.2, -0.15) is 0 Å². The van der Waals surface area contributed by atoms with E-state index in [1.807, 2.05) is 0 Å². The second-order valence-corrected chi connectivity index (χ2v) is 3.02. The lowest BCUT2D eigenvalue weighted by Gasteiger charge is -2.03. The minimum absolute atomic E-state index is 0.0713. The number of halogens is 2. The average molecular weight is 200 g/mol. The molecule has 1 aromatic carbocycles. The zero-order valence-electron chi connectivity index (χ0n) is 6.96. The molecule has 1 aromatic rings. The van der Waals surface area contributed by atoms with Crippen molar-refractivity contribution in [1.82, 2.24) is 0 Å². The van der Waals surface area contributed by atoms with E-state index in [1.54, 1.807) is 0 Å². The van der Waals surface area contributed by atoms with Crippen molar-refractivity contribution in [3.05, 3.63) is 29.3 Å². The molecule has 0 bridgehead atoms. The van der Waals surface area contributed by atoms with Gasteiger partial charge < -0.3 is 9.84 Å². The van der Waals surface area contributed by atoms with Crippen LogP contribution in [0.15, 0.2) is 12.1 Å². The number of hydrogen-bond acceptors (Lipinski definition) is 2. The molecular weight excluding hydrogens is 194 g/mol. The van der Waals surface area contributed by atoms with Crippen LogP contribution in [-0.4, -0.2) is 17.2 Å². The number of rotatable bonds is 1. The first kappa shape index (κ1) is 8.93. The second kappa shape index (κ2) is 2.94. The number of benzene rings is 1. The first-order chi connectivity index (χ1) is 6.58. The Hall–Kier alpha value is -1.65. The van der Waals surface area contributed by atoms with Crippen LogP contribution in [0.4, 0.5) is 8.78 Å². The number of fused-ring (bicyclic) bond motifs is 1. The van der Waals surface area contributed by atoms with Gasteiger partial charge in [-0.3, -0.25) is 0 Å². The summed E-state index contributed by atoms with van der Waals surface area (Å²) in [6, 6.07) is 1.83. The van der Waals surface area contributed by atoms with Crippen LogP contribution < -0.4 is 4.74 Å². The zero-order valence-corrected chi connectivity index (χ0v) is 6.96. The Kier molecular flexibility index (Phi) is 1.87. The highest BCUT2D eigenvalue weighted by Gasteiger charge is 2.29. The maximum atomic E-state index is 12.7. The Labute approximate surface area is 77.9 Å². The van der Waals surface area contributed by atoms with Gasteiger partial charge in [0.15, 0.2) is 17.7 Å². The Morgan fingerprint density at radius 1 is 1.43 bits per heavy atom. The van der Waals surface area contributed by atoms with Gasteiger partial charge in [-0.25, -0.2) is 13.6 Å². The van der Waals surface area contributed by atoms with Crippen LogP contribution in [0.3, 0.4) is 0 Å². The van der Waals surface area contributed by atoms with Crippen LogP contribution in [0, 0.1) is 11.6 Å². The molecule has 0 amide bonds. The van der Waals surface area contributed by atoms with Crippen molar-refractivity contribution in [1.29, 1.82) is 0 Å². The largest absolute Gasteiger partial charge is 0.478 e. The van der Waals surface area contributed by atoms with Gasteiger partial charge in [0, 0.05) is 18.1 Å². The van der Waals surface area contributed by atoms with E-state index in [1.165, 1.54) is 0 Å². The van der Waals surface area contributed by atoms with Gasteiger partial charge in [0.2, 0.25) is 0 Å². The molecule has 0 aromatic heterocycles. The Bertz CT molecular complexity index is 372. The molecule has 14 heavy (non-hydrogen) atoms. The summed E-state index contributed by atoms with van der Waals surface area (Å²) in [4.78, 5) is 10.5. The van der Waals surface area contributed by atoms with Crippen LogP contribution in [0.2, 0.25) is 0 Å². The summed E-state index contributed by atoms with van der Waals surface area (Å²) in [5.74, 6) is -3.05. The van der Waals surface area contributed by atoms with E-state index in [-0.39, 0.29) is 12.2 Å². The van der Waals surface area contributed by atoms with Gasteiger partial charge in [0.25, 0.3) is 0 Å². The molecule has 3 nitrogen and oxygen atoms in total. The predicted molar refractivity (Wildman–Crippen MR) is 42.1 cm³/mol. The molecule has 0 fully saturated rings. The fourth-order valence-corrected chi connectivity index (χ4v) is 1.37. The first-order valence-electron chi connectivity index (χ1n) is 3.95. The number of hydrogen-bond donors (Lipinski definition) is 1. The summed E-state index contributed by atoms with van der Waals surface area (Å²) in [6.07, 6.45) is -0.965. The molecule has 0 aliphatic carbocycles. The highest BCUT2D eigenvalue weighted by atomic mass is 19.2. The fourth-order valence-electron chi connectivity index (χ4n) is 1.37. The van der Waals surface area contributed by atoms with Gasteiger partial charge in [-0.15, -0.1) is 0 Å². The molecule has 2 rings (SSSR count). The molecule has 1 aliphatic heterocycles. The van der Waals surface area contributed by atoms with Gasteiger partial charge in [0.1, 0.15) is 5.75 Å². The molecule has 1 atom stereocenters. The predicted octanol–water partition coefficient (Wildman–Crippen LogP) is 1.35. The average Bonchev–Trinajstić information content (AvgIpc) is 2.48. The van der Waals surface area contributed by atoms with E-state index < -0.39 is 23.7 Å². The van der Waals surface area contributed by atoms with E-state index in [0.717, 1.165) is 12.1 Å². The number of ether oxygens (including phenoxy) is 1. The van der Waals surface area contributed by atoms with Gasteiger partial charge >= 0.3 is 5.97 Å². The third-order valence-electron chi connectivity index (χ3n) is 2.05. The van der Waals surface area contributed by atoms with Gasteiger partial charge in [0.05, 0.1) is 0 Å². The van der Waals surface area contributed by atoms with E-state index >= 15 is 0 Å². The fraction of sp³-hybridized carbons (Fsp3) is 0.222. The second-order valence-electron chi connectivity index (χ2n) is 3.02. The molecule has 0 saturated carbocycles. The molecule has 0 spiro atoms. The zero-order chi connectivity index (χ0) is 10.3. The lowest BCUT2D eigenvalue weighted by atomic mass is 10.1. The van der Waals surface area contributed by atoms with Crippen LogP contribution in [0.25, 0.3) is 0 Å². The lowest BCUT2D eigenvalue weighted by molar-refractivity contribution is -0.144. The van der Waals surface area contributed by atoms with E-state index in [9.17, 15) is 13.6 Å². The summed E-state index contributed by atoms with van der Waals surface area (Å²) < 4.78 is 30.3. The van der Waals surface area contributed by atoms with Crippen molar-refractivity contribution < 1.29 is 23.4 Å². The highest BCUT2D eigenvalue weighted by molar-refractivity contribution is 5.74. The third-order valence-corrected chi connectivity index (χ3v) is 2.05. The molecule has 1 unspecified atom stereocenters. The van der Waals surface area contributed by atoms with Crippen molar-refractivity contribution >= 4 is 5.97 Å². The monoisotopic (exact) mass is 200 g/mol. The van der Waals surface area contributed by atoms with E-state index in [2.05, 4.69) is 0 Å². The van der Waals surface area contributed by atoms with Crippen molar-refractivity contribution in [2.24, 2.45) is 0 Å². The first-order valence-corrected chi connectivity index (χ1v) is 3.95. The number of carboxylic acids is 1. The van der Waals surface area contributed by atoms with Gasteiger partial charge in [-0.1, -0.05) is 0 Å². The minimum atomic E-state index is -1.14. The summed E-state index contributed by atoms with van der Waals surface area (Å²) in [6.45, 7) is 0. The Morgan fingerprint density at radius 3 is 2.71 bits per heavy atom.